The predicted molar refractivity (Wildman–Crippen MR) is 202 cm³/mol. The normalized spacial score (nSPS) is 14.2. The molecule has 2 aliphatic heterocycles. The first kappa shape index (κ1) is 37.0. The van der Waals surface area contributed by atoms with Crippen LogP contribution in [0, 0.1) is 0 Å². The monoisotopic (exact) mass is 895 g/mol. The molecule has 0 amide bonds. The van der Waals surface area contributed by atoms with E-state index in [0.29, 0.717) is 38.8 Å². The van der Waals surface area contributed by atoms with Gasteiger partial charge in [-0.25, -0.2) is 0 Å². The molecule has 295 valence electrons. The van der Waals surface area contributed by atoms with Crippen LogP contribution in [0.3, 0.4) is 0 Å². The van der Waals surface area contributed by atoms with E-state index in [4.69, 9.17) is 9.97 Å². The molecule has 2 aliphatic rings. The Balaban J connectivity index is 1.60. The van der Waals surface area contributed by atoms with Crippen LogP contribution in [-0.2, 0) is 41.5 Å². The van der Waals surface area contributed by atoms with Gasteiger partial charge in [0.2, 0.25) is 0 Å². The zero-order valence-electron chi connectivity index (χ0n) is 27.8. The molecule has 5 heterocycles. The van der Waals surface area contributed by atoms with Crippen LogP contribution in [-0.4, -0.2) is 91.8 Å². The van der Waals surface area contributed by atoms with Crippen LogP contribution in [0.25, 0.3) is 89.7 Å². The molecule has 4 aromatic carbocycles. The fourth-order valence-electron chi connectivity index (χ4n) is 6.70. The van der Waals surface area contributed by atoms with Gasteiger partial charge in [0.05, 0.1) is 0 Å². The van der Waals surface area contributed by atoms with E-state index in [1.807, 2.05) is 12.1 Å². The number of hydrogen-bond donors (Lipinski definition) is 6. The first-order valence-corrected chi connectivity index (χ1v) is 26.1. The number of aromatic nitrogens is 8. The molecule has 6 N–H and O–H groups in total. The Morgan fingerprint density at radius 2 is 0.702 bits per heavy atom. The van der Waals surface area contributed by atoms with Crippen molar-refractivity contribution >= 4 is 83.2 Å². The molecule has 8 bridgehead atoms. The third kappa shape index (κ3) is 4.53. The molecule has 3 aromatic heterocycles. The summed E-state index contributed by atoms with van der Waals surface area (Å²) in [4.78, 5) is 33.7. The number of aromatic amines is 2. The molecule has 0 spiro atoms. The van der Waals surface area contributed by atoms with Gasteiger partial charge in [-0.15, -0.1) is 0 Å². The van der Waals surface area contributed by atoms with Crippen molar-refractivity contribution in [2.75, 3.05) is 0 Å². The van der Waals surface area contributed by atoms with E-state index >= 15 is 0 Å². The average molecular weight is 897 g/mol. The van der Waals surface area contributed by atoms with Crippen molar-refractivity contribution in [3.63, 3.8) is 0 Å². The molecule has 7 aromatic rings. The molecular weight excluding hydrogens is 875 g/mol. The zero-order valence-corrected chi connectivity index (χ0v) is 32.1. The summed E-state index contributed by atoms with van der Waals surface area (Å²) in [6.45, 7) is -8.95. The second kappa shape index (κ2) is 11.7. The number of fused-ring (bicyclic) bond motifs is 20. The van der Waals surface area contributed by atoms with Crippen molar-refractivity contribution < 1.29 is 58.9 Å². The van der Waals surface area contributed by atoms with Gasteiger partial charge in [-0.2, -0.15) is 0 Å². The van der Waals surface area contributed by atoms with Crippen LogP contribution >= 0.6 is 0 Å². The van der Waals surface area contributed by atoms with E-state index in [1.165, 1.54) is 0 Å². The maximum absolute atomic E-state index is 13.4. The van der Waals surface area contributed by atoms with E-state index in [9.17, 15) is 51.9 Å². The summed E-state index contributed by atoms with van der Waals surface area (Å²) in [7, 11) is -29.5. The van der Waals surface area contributed by atoms with Crippen LogP contribution in [0.1, 0.15) is 0 Å². The molecule has 0 saturated heterocycles. The van der Waals surface area contributed by atoms with Gasteiger partial charge in [-0.1, -0.05) is 6.07 Å². The number of nitrogens with one attached hydrogen (secondary N) is 2. The Labute approximate surface area is 316 Å². The van der Waals surface area contributed by atoms with Gasteiger partial charge in [0.1, 0.15) is 0 Å². The molecule has 25 heteroatoms. The topological polar surface area (TPSA) is 326 Å². The summed E-state index contributed by atoms with van der Waals surface area (Å²) in [6, 6.07) is 22.4. The van der Waals surface area contributed by atoms with Crippen molar-refractivity contribution in [1.82, 2.24) is 39.9 Å². The molecular formula is C32H21N8NiO12S4. The van der Waals surface area contributed by atoms with E-state index < -0.39 is 68.1 Å². The van der Waals surface area contributed by atoms with E-state index in [-0.39, 0.29) is 34.9 Å². The summed E-state index contributed by atoms with van der Waals surface area (Å²) in [5, 5.41) is -0.252. The van der Waals surface area contributed by atoms with Crippen LogP contribution in [0.15, 0.2) is 91.0 Å². The summed E-state index contributed by atoms with van der Waals surface area (Å²) in [6.07, 6.45) is 0. The number of rotatable bonds is 5. The van der Waals surface area contributed by atoms with Crippen LogP contribution in [0.5, 0.6) is 0 Å². The van der Waals surface area contributed by atoms with Crippen molar-refractivity contribution in [2.24, 2.45) is 0 Å². The standard InChI is InChI=1S/C32H17N8.Ni.4HO3S/c1-2-10-18-17(9-1)25-33-26(18)38-28-21-13-5-6-14-22(21)30(35-28)40-32-24-16-8-7-15-23(24)31(36-32)39-29-20-12-4-3-11-19(20)27(34-29)37-25;;4*1-4(2)3/h1-15H,(H2,33,34,35,36,37,38,39,40);;4*(H,1,2,3). The predicted octanol–water partition coefficient (Wildman–Crippen LogP) is 3.40. The molecule has 57 heavy (non-hydrogen) atoms. The Kier molecular flexibility index (Phi) is 7.60. The molecule has 0 aliphatic carbocycles. The van der Waals surface area contributed by atoms with Gasteiger partial charge in [0, 0.05) is 0 Å². The maximum atomic E-state index is 13.4. The van der Waals surface area contributed by atoms with Gasteiger partial charge in [-0.05, 0) is 0 Å². The summed E-state index contributed by atoms with van der Waals surface area (Å²) >= 11 is 0. The number of H-pyrrole nitrogens is 2. The van der Waals surface area contributed by atoms with Gasteiger partial charge >= 0.3 is 312 Å². The number of hydrogen-bond acceptors (Lipinski definition) is 14. The summed E-state index contributed by atoms with van der Waals surface area (Å²) in [5.41, 5.74) is 1.02. The molecule has 0 unspecified atom stereocenters. The molecule has 0 saturated carbocycles. The quantitative estimate of drug-likeness (QED) is 0.106. The fourth-order valence-corrected chi connectivity index (χ4v) is 31.7. The second-order valence-electron chi connectivity index (χ2n) is 12.0. The molecule has 0 radical (unpaired) electrons. The second-order valence-corrected chi connectivity index (χ2v) is 36.0. The van der Waals surface area contributed by atoms with E-state index in [2.05, 4.69) is 29.9 Å². The Morgan fingerprint density at radius 3 is 1.09 bits per heavy atom. The van der Waals surface area contributed by atoms with Crippen LogP contribution in [0.2, 0.25) is 0 Å². The third-order valence-electron chi connectivity index (χ3n) is 8.91. The number of benzene rings is 4. The minimum absolute atomic E-state index is 0.0561. The van der Waals surface area contributed by atoms with E-state index in [1.54, 1.807) is 60.7 Å². The van der Waals surface area contributed by atoms with Crippen molar-refractivity contribution in [2.45, 2.75) is 0 Å². The third-order valence-corrected chi connectivity index (χ3v) is 45.0. The number of nitrogens with zero attached hydrogens (tertiary/aromatic N) is 6. The van der Waals surface area contributed by atoms with Gasteiger partial charge in [0.25, 0.3) is 0 Å². The van der Waals surface area contributed by atoms with Gasteiger partial charge in [-0.3, -0.25) is 0 Å². The first-order chi connectivity index (χ1) is 26.8. The van der Waals surface area contributed by atoms with Gasteiger partial charge < -0.3 is 0 Å². The van der Waals surface area contributed by atoms with Crippen molar-refractivity contribution in [1.29, 1.82) is 0 Å². The van der Waals surface area contributed by atoms with Crippen molar-refractivity contribution in [3.8, 4) is 45.6 Å². The van der Waals surface area contributed by atoms with Gasteiger partial charge in [0.15, 0.2) is 0 Å². The van der Waals surface area contributed by atoms with E-state index in [0.717, 1.165) is 12.1 Å². The summed E-state index contributed by atoms with van der Waals surface area (Å²) in [5.74, 6) is -0.102. The summed E-state index contributed by atoms with van der Waals surface area (Å²) < 4.78 is 147. The Bertz CT molecular complexity index is 3490. The minimum atomic E-state index is -8.95. The van der Waals surface area contributed by atoms with Crippen LogP contribution in [0.4, 0.5) is 0 Å². The molecule has 20 nitrogen and oxygen atoms in total. The Morgan fingerprint density at radius 1 is 0.386 bits per heavy atom. The first-order valence-electron chi connectivity index (χ1n) is 15.6. The molecule has 9 rings (SSSR count). The Hall–Kier alpha value is -5.63. The molecule has 0 fully saturated rings. The average Bonchev–Trinajstić information content (AvgIpc) is 3.85. The molecule has 0 atom stereocenters. The zero-order chi connectivity index (χ0) is 40.5. The SMILES string of the molecule is O=[S](=O)(O)[Ni]([c]1cccc2c3nc4nc(nc5[nH]c(nc6nc(nc([nH]3)c12)-c1ccccc1-6)c1ccccc51)-c1ccccc1-4)([S](=O)(=O)O)([S](=O)(=O)O)[S](=O)(=O)O. The fraction of sp³-hybridized carbons (Fsp3) is 0. The van der Waals surface area contributed by atoms with Crippen molar-refractivity contribution in [3.05, 3.63) is 91.0 Å². The van der Waals surface area contributed by atoms with Crippen LogP contribution < -0.4 is 4.53 Å².